The molecule has 0 fully saturated rings. The maximum atomic E-state index is 12.3. The summed E-state index contributed by atoms with van der Waals surface area (Å²) in [6.45, 7) is 5.80. The number of hydrogen-bond acceptors (Lipinski definition) is 6. The second-order valence-corrected chi connectivity index (χ2v) is 7.26. The highest BCUT2D eigenvalue weighted by molar-refractivity contribution is 6.58. The maximum absolute atomic E-state index is 12.3. The van der Waals surface area contributed by atoms with Crippen molar-refractivity contribution in [1.82, 2.24) is 10.2 Å². The van der Waals surface area contributed by atoms with Gasteiger partial charge in [0.05, 0.1) is 5.69 Å². The number of aryl methyl sites for hydroxylation is 1. The van der Waals surface area contributed by atoms with E-state index in [9.17, 15) is 14.8 Å². The highest BCUT2D eigenvalue weighted by Gasteiger charge is 2.17. The number of nitrogen functional groups attached to an aromatic ring is 1. The van der Waals surface area contributed by atoms with Gasteiger partial charge in [0.25, 0.3) is 0 Å². The summed E-state index contributed by atoms with van der Waals surface area (Å²) in [4.78, 5) is 12.3. The summed E-state index contributed by atoms with van der Waals surface area (Å²) in [5.41, 5.74) is 9.06. The molecule has 1 aromatic heterocycles. The zero-order valence-corrected chi connectivity index (χ0v) is 16.1. The standard InChI is InChI=1S/C20H23BN4O3/c1-11(2)8-19(26)23-18-7-5-14(21(27)28)10-17(18)13-4-6-15-16(9-13)12(3)24-25-20(15)22/h4-7,9-11,27-28H,8H2,1-3H3,(H2,22,25)(H,23,26). The van der Waals surface area contributed by atoms with Crippen LogP contribution in [0.15, 0.2) is 36.4 Å². The molecule has 28 heavy (non-hydrogen) atoms. The Bertz CT molecular complexity index is 1040. The first kappa shape index (κ1) is 19.8. The van der Waals surface area contributed by atoms with Gasteiger partial charge in [-0.3, -0.25) is 4.79 Å². The smallest absolute Gasteiger partial charge is 0.423 e. The maximum Gasteiger partial charge on any atom is 0.488 e. The third-order valence-corrected chi connectivity index (χ3v) is 4.51. The molecule has 2 aromatic carbocycles. The number of nitrogens with two attached hydrogens (primary N) is 1. The van der Waals surface area contributed by atoms with Crippen LogP contribution >= 0.6 is 0 Å². The Balaban J connectivity index is 2.13. The monoisotopic (exact) mass is 378 g/mol. The number of benzene rings is 2. The summed E-state index contributed by atoms with van der Waals surface area (Å²) in [6, 6.07) is 10.5. The predicted octanol–water partition coefficient (Wildman–Crippen LogP) is 1.85. The molecule has 1 amide bonds. The Hall–Kier alpha value is -2.97. The molecule has 0 aliphatic rings. The van der Waals surface area contributed by atoms with Crippen molar-refractivity contribution < 1.29 is 14.8 Å². The number of fused-ring (bicyclic) bond motifs is 1. The minimum absolute atomic E-state index is 0.0966. The number of amides is 1. The number of anilines is 2. The third-order valence-electron chi connectivity index (χ3n) is 4.51. The van der Waals surface area contributed by atoms with Gasteiger partial charge in [-0.1, -0.05) is 32.0 Å². The summed E-state index contributed by atoms with van der Waals surface area (Å²) in [5, 5.41) is 31.7. The largest absolute Gasteiger partial charge is 0.488 e. The molecule has 5 N–H and O–H groups in total. The lowest BCUT2D eigenvalue weighted by Gasteiger charge is -2.15. The molecular weight excluding hydrogens is 355 g/mol. The van der Waals surface area contributed by atoms with Gasteiger partial charge in [-0.25, -0.2) is 0 Å². The van der Waals surface area contributed by atoms with Crippen LogP contribution in [0.4, 0.5) is 11.5 Å². The molecule has 0 radical (unpaired) electrons. The van der Waals surface area contributed by atoms with Gasteiger partial charge in [0.2, 0.25) is 5.91 Å². The van der Waals surface area contributed by atoms with Crippen LogP contribution in [-0.2, 0) is 4.79 Å². The van der Waals surface area contributed by atoms with E-state index >= 15 is 0 Å². The normalized spacial score (nSPS) is 11.1. The lowest BCUT2D eigenvalue weighted by Crippen LogP contribution is -2.30. The predicted molar refractivity (Wildman–Crippen MR) is 112 cm³/mol. The Kier molecular flexibility index (Phi) is 5.62. The Morgan fingerprint density at radius 3 is 2.57 bits per heavy atom. The van der Waals surface area contributed by atoms with E-state index in [1.165, 1.54) is 0 Å². The van der Waals surface area contributed by atoms with Crippen LogP contribution in [0, 0.1) is 12.8 Å². The second kappa shape index (κ2) is 7.96. The average Bonchev–Trinajstić information content (AvgIpc) is 2.64. The second-order valence-electron chi connectivity index (χ2n) is 7.26. The molecule has 3 aromatic rings. The van der Waals surface area contributed by atoms with E-state index in [2.05, 4.69) is 15.5 Å². The molecule has 0 bridgehead atoms. The van der Waals surface area contributed by atoms with Gasteiger partial charge >= 0.3 is 7.12 Å². The molecule has 0 aliphatic carbocycles. The molecule has 3 rings (SSSR count). The number of rotatable bonds is 5. The van der Waals surface area contributed by atoms with Crippen molar-refractivity contribution in [2.45, 2.75) is 27.2 Å². The first-order valence-electron chi connectivity index (χ1n) is 9.09. The van der Waals surface area contributed by atoms with Crippen molar-refractivity contribution in [3.63, 3.8) is 0 Å². The molecule has 7 nitrogen and oxygen atoms in total. The van der Waals surface area contributed by atoms with E-state index in [1.807, 2.05) is 39.0 Å². The summed E-state index contributed by atoms with van der Waals surface area (Å²) in [5.74, 6) is 0.477. The van der Waals surface area contributed by atoms with Crippen LogP contribution in [-0.4, -0.2) is 33.3 Å². The van der Waals surface area contributed by atoms with Crippen LogP contribution in [0.3, 0.4) is 0 Å². The average molecular weight is 378 g/mol. The van der Waals surface area contributed by atoms with Gasteiger partial charge < -0.3 is 21.1 Å². The van der Waals surface area contributed by atoms with Crippen LogP contribution in [0.5, 0.6) is 0 Å². The van der Waals surface area contributed by atoms with E-state index in [0.29, 0.717) is 29.0 Å². The molecule has 0 unspecified atom stereocenters. The van der Waals surface area contributed by atoms with Crippen molar-refractivity contribution >= 4 is 40.8 Å². The molecule has 0 saturated heterocycles. The Morgan fingerprint density at radius 1 is 1.14 bits per heavy atom. The molecule has 0 aliphatic heterocycles. The Morgan fingerprint density at radius 2 is 1.89 bits per heavy atom. The number of nitrogens with zero attached hydrogens (tertiary/aromatic N) is 2. The van der Waals surface area contributed by atoms with Gasteiger partial charge in [0.1, 0.15) is 0 Å². The zero-order chi connectivity index (χ0) is 20.4. The molecule has 0 saturated carbocycles. The summed E-state index contributed by atoms with van der Waals surface area (Å²) in [7, 11) is -1.61. The van der Waals surface area contributed by atoms with Crippen molar-refractivity contribution in [3.05, 3.63) is 42.1 Å². The highest BCUT2D eigenvalue weighted by atomic mass is 16.4. The number of carbonyl (C=O) groups excluding carboxylic acids is 1. The van der Waals surface area contributed by atoms with Crippen molar-refractivity contribution in [1.29, 1.82) is 0 Å². The minimum atomic E-state index is -1.61. The summed E-state index contributed by atoms with van der Waals surface area (Å²) >= 11 is 0. The number of aromatic nitrogens is 2. The van der Waals surface area contributed by atoms with Crippen molar-refractivity contribution in [2.24, 2.45) is 5.92 Å². The van der Waals surface area contributed by atoms with E-state index < -0.39 is 7.12 Å². The highest BCUT2D eigenvalue weighted by Crippen LogP contribution is 2.32. The van der Waals surface area contributed by atoms with E-state index in [-0.39, 0.29) is 11.8 Å². The summed E-state index contributed by atoms with van der Waals surface area (Å²) < 4.78 is 0. The fourth-order valence-corrected chi connectivity index (χ4v) is 3.11. The minimum Gasteiger partial charge on any atom is -0.423 e. The molecule has 1 heterocycles. The van der Waals surface area contributed by atoms with Gasteiger partial charge in [0.15, 0.2) is 5.82 Å². The molecular formula is C20H23BN4O3. The van der Waals surface area contributed by atoms with Gasteiger partial charge in [-0.15, -0.1) is 5.10 Å². The molecule has 0 atom stereocenters. The SMILES string of the molecule is Cc1nnc(N)c2ccc(-c3cc(B(O)O)ccc3NC(=O)CC(C)C)cc12. The lowest BCUT2D eigenvalue weighted by molar-refractivity contribution is -0.116. The topological polar surface area (TPSA) is 121 Å². The van der Waals surface area contributed by atoms with E-state index in [0.717, 1.165) is 22.0 Å². The van der Waals surface area contributed by atoms with Crippen LogP contribution in [0.1, 0.15) is 26.0 Å². The number of carbonyl (C=O) groups is 1. The van der Waals surface area contributed by atoms with Gasteiger partial charge in [-0.2, -0.15) is 5.10 Å². The fourth-order valence-electron chi connectivity index (χ4n) is 3.11. The third kappa shape index (κ3) is 4.13. The van der Waals surface area contributed by atoms with E-state index in [1.54, 1.807) is 18.2 Å². The molecule has 8 heteroatoms. The van der Waals surface area contributed by atoms with Crippen LogP contribution < -0.4 is 16.5 Å². The fraction of sp³-hybridized carbons (Fsp3) is 0.250. The number of nitrogens with one attached hydrogen (secondary N) is 1. The van der Waals surface area contributed by atoms with Crippen LogP contribution in [0.25, 0.3) is 21.9 Å². The zero-order valence-electron chi connectivity index (χ0n) is 16.1. The van der Waals surface area contributed by atoms with Crippen molar-refractivity contribution in [3.8, 4) is 11.1 Å². The first-order chi connectivity index (χ1) is 13.3. The van der Waals surface area contributed by atoms with E-state index in [4.69, 9.17) is 5.73 Å². The first-order valence-corrected chi connectivity index (χ1v) is 9.09. The Labute approximate surface area is 163 Å². The quantitative estimate of drug-likeness (QED) is 0.503. The lowest BCUT2D eigenvalue weighted by atomic mass is 9.78. The molecule has 0 spiro atoms. The number of hydrogen-bond donors (Lipinski definition) is 4. The van der Waals surface area contributed by atoms with Gasteiger partial charge in [-0.05, 0) is 42.1 Å². The van der Waals surface area contributed by atoms with Crippen LogP contribution in [0.2, 0.25) is 0 Å². The summed E-state index contributed by atoms with van der Waals surface area (Å²) in [6.07, 6.45) is 0.396. The van der Waals surface area contributed by atoms with Gasteiger partial charge in [0, 0.05) is 28.4 Å². The molecule has 144 valence electrons. The van der Waals surface area contributed by atoms with Crippen molar-refractivity contribution in [2.75, 3.05) is 11.1 Å².